The second-order valence-electron chi connectivity index (χ2n) is 5.37. The second kappa shape index (κ2) is 5.54. The van der Waals surface area contributed by atoms with E-state index in [1.54, 1.807) is 6.07 Å². The molecule has 21 heavy (non-hydrogen) atoms. The van der Waals surface area contributed by atoms with Crippen molar-refractivity contribution in [3.63, 3.8) is 0 Å². The Morgan fingerprint density at radius 2 is 1.90 bits per heavy atom. The molecule has 2 aromatic carbocycles. The van der Waals surface area contributed by atoms with E-state index in [1.165, 1.54) is 22.8 Å². The lowest BCUT2D eigenvalue weighted by Crippen LogP contribution is -2.05. The number of halogens is 1. The molecule has 0 bridgehead atoms. The summed E-state index contributed by atoms with van der Waals surface area (Å²) >= 11 is 0. The summed E-state index contributed by atoms with van der Waals surface area (Å²) in [6.07, 6.45) is 4.70. The lowest BCUT2D eigenvalue weighted by molar-refractivity contribution is 0.621. The molecule has 0 saturated carbocycles. The quantitative estimate of drug-likeness (QED) is 0.796. The molecule has 0 fully saturated rings. The fourth-order valence-corrected chi connectivity index (χ4v) is 2.78. The van der Waals surface area contributed by atoms with Gasteiger partial charge in [0, 0.05) is 0 Å². The van der Waals surface area contributed by atoms with Crippen LogP contribution in [0.2, 0.25) is 0 Å². The maximum atomic E-state index is 13.8. The van der Waals surface area contributed by atoms with Gasteiger partial charge in [-0.05, 0) is 59.2 Å². The molecule has 1 aliphatic rings. The molecule has 104 valence electrons. The fourth-order valence-electron chi connectivity index (χ4n) is 2.78. The van der Waals surface area contributed by atoms with Crippen LogP contribution < -0.4 is 0 Å². The number of rotatable bonds is 2. The molecule has 1 nitrogen and oxygen atoms in total. The van der Waals surface area contributed by atoms with Crippen molar-refractivity contribution in [2.24, 2.45) is 0 Å². The van der Waals surface area contributed by atoms with Crippen molar-refractivity contribution < 1.29 is 4.39 Å². The third-order valence-corrected chi connectivity index (χ3v) is 4.09. The van der Waals surface area contributed by atoms with Crippen LogP contribution in [-0.2, 0) is 19.3 Å². The predicted octanol–water partition coefficient (Wildman–Crippen LogP) is 4.44. The Bertz CT molecular complexity index is 748. The SMILES string of the molecule is CCc1ccc(C2=CCc3cc(C#N)c(F)cc3C2)cc1. The van der Waals surface area contributed by atoms with E-state index in [0.717, 1.165) is 30.4 Å². The van der Waals surface area contributed by atoms with Crippen molar-refractivity contribution in [3.05, 3.63) is 76.1 Å². The Hall–Kier alpha value is -2.40. The molecule has 2 aromatic rings. The van der Waals surface area contributed by atoms with Crippen LogP contribution in [0.15, 0.2) is 42.5 Å². The second-order valence-corrected chi connectivity index (χ2v) is 5.37. The molecule has 0 amide bonds. The number of nitriles is 1. The van der Waals surface area contributed by atoms with E-state index >= 15 is 0 Å². The summed E-state index contributed by atoms with van der Waals surface area (Å²) in [5, 5.41) is 8.89. The minimum atomic E-state index is -0.418. The number of hydrogen-bond donors (Lipinski definition) is 0. The molecule has 0 N–H and O–H groups in total. The average Bonchev–Trinajstić information content (AvgIpc) is 2.53. The molecule has 0 atom stereocenters. The summed E-state index contributed by atoms with van der Waals surface area (Å²) in [7, 11) is 0. The number of allylic oxidation sites excluding steroid dienone is 2. The summed E-state index contributed by atoms with van der Waals surface area (Å²) < 4.78 is 13.8. The van der Waals surface area contributed by atoms with Crippen molar-refractivity contribution in [1.82, 2.24) is 0 Å². The summed E-state index contributed by atoms with van der Waals surface area (Å²) in [5.41, 5.74) is 5.93. The van der Waals surface area contributed by atoms with E-state index in [2.05, 4.69) is 37.3 Å². The van der Waals surface area contributed by atoms with E-state index in [0.29, 0.717) is 0 Å². The Kier molecular flexibility index (Phi) is 3.58. The highest BCUT2D eigenvalue weighted by molar-refractivity contribution is 5.71. The zero-order valence-corrected chi connectivity index (χ0v) is 12.0. The molecule has 3 rings (SSSR count). The molecule has 2 heteroatoms. The molecule has 0 aromatic heterocycles. The van der Waals surface area contributed by atoms with Gasteiger partial charge in [-0.25, -0.2) is 4.39 Å². The minimum absolute atomic E-state index is 0.137. The average molecular weight is 277 g/mol. The number of hydrogen-bond acceptors (Lipinski definition) is 1. The van der Waals surface area contributed by atoms with E-state index in [9.17, 15) is 4.39 Å². The van der Waals surface area contributed by atoms with Crippen LogP contribution in [0.4, 0.5) is 4.39 Å². The van der Waals surface area contributed by atoms with E-state index in [-0.39, 0.29) is 5.56 Å². The summed E-state index contributed by atoms with van der Waals surface area (Å²) in [5.74, 6) is -0.418. The van der Waals surface area contributed by atoms with Crippen molar-refractivity contribution in [2.75, 3.05) is 0 Å². The van der Waals surface area contributed by atoms with Crippen LogP contribution >= 0.6 is 0 Å². The van der Waals surface area contributed by atoms with Gasteiger partial charge in [-0.1, -0.05) is 37.3 Å². The smallest absolute Gasteiger partial charge is 0.141 e. The molecule has 0 spiro atoms. The fraction of sp³-hybridized carbons (Fsp3) is 0.211. The third kappa shape index (κ3) is 2.60. The highest BCUT2D eigenvalue weighted by Crippen LogP contribution is 2.29. The number of nitrogens with zero attached hydrogens (tertiary/aromatic N) is 1. The molecule has 1 aliphatic carbocycles. The summed E-state index contributed by atoms with van der Waals surface area (Å²) in [6, 6.07) is 13.7. The van der Waals surface area contributed by atoms with Gasteiger partial charge >= 0.3 is 0 Å². The minimum Gasteiger partial charge on any atom is -0.206 e. The number of benzene rings is 2. The molecule has 0 aliphatic heterocycles. The van der Waals surface area contributed by atoms with Crippen LogP contribution in [0.5, 0.6) is 0 Å². The first kappa shape index (κ1) is 13.6. The highest BCUT2D eigenvalue weighted by atomic mass is 19.1. The Morgan fingerprint density at radius 3 is 2.57 bits per heavy atom. The zero-order chi connectivity index (χ0) is 14.8. The topological polar surface area (TPSA) is 23.8 Å². The van der Waals surface area contributed by atoms with Crippen molar-refractivity contribution in [3.8, 4) is 6.07 Å². The Balaban J connectivity index is 1.91. The predicted molar refractivity (Wildman–Crippen MR) is 82.3 cm³/mol. The van der Waals surface area contributed by atoms with Crippen LogP contribution in [0.1, 0.15) is 34.7 Å². The van der Waals surface area contributed by atoms with Gasteiger partial charge in [0.1, 0.15) is 11.9 Å². The molecule has 0 saturated heterocycles. The van der Waals surface area contributed by atoms with Gasteiger partial charge in [0.25, 0.3) is 0 Å². The van der Waals surface area contributed by atoms with Gasteiger partial charge in [0.05, 0.1) is 5.56 Å². The molecule has 0 heterocycles. The zero-order valence-electron chi connectivity index (χ0n) is 12.0. The van der Waals surface area contributed by atoms with Crippen LogP contribution in [-0.4, -0.2) is 0 Å². The first-order chi connectivity index (χ1) is 10.2. The van der Waals surface area contributed by atoms with Gasteiger partial charge < -0.3 is 0 Å². The lowest BCUT2D eigenvalue weighted by Gasteiger charge is -2.18. The van der Waals surface area contributed by atoms with Crippen molar-refractivity contribution in [1.29, 1.82) is 5.26 Å². The summed E-state index contributed by atoms with van der Waals surface area (Å²) in [6.45, 7) is 2.14. The van der Waals surface area contributed by atoms with Gasteiger partial charge in [-0.3, -0.25) is 0 Å². The first-order valence-corrected chi connectivity index (χ1v) is 7.21. The third-order valence-electron chi connectivity index (χ3n) is 4.09. The maximum Gasteiger partial charge on any atom is 0.141 e. The molecule has 0 unspecified atom stereocenters. The van der Waals surface area contributed by atoms with Crippen molar-refractivity contribution in [2.45, 2.75) is 26.2 Å². The maximum absolute atomic E-state index is 13.8. The van der Waals surface area contributed by atoms with E-state index in [1.807, 2.05) is 6.07 Å². The number of aryl methyl sites for hydroxylation is 1. The van der Waals surface area contributed by atoms with Gasteiger partial charge in [-0.15, -0.1) is 0 Å². The summed E-state index contributed by atoms with van der Waals surface area (Å²) in [4.78, 5) is 0. The monoisotopic (exact) mass is 277 g/mol. The standard InChI is InChI=1S/C19H16FN/c1-2-13-3-5-14(6-4-13)15-7-8-16-10-18(12-21)19(20)11-17(16)9-15/h3-7,10-11H,2,8-9H2,1H3. The Labute approximate surface area is 124 Å². The van der Waals surface area contributed by atoms with Crippen molar-refractivity contribution >= 4 is 5.57 Å². The van der Waals surface area contributed by atoms with Crippen LogP contribution in [0.25, 0.3) is 5.57 Å². The van der Waals surface area contributed by atoms with E-state index < -0.39 is 5.82 Å². The lowest BCUT2D eigenvalue weighted by atomic mass is 9.87. The first-order valence-electron chi connectivity index (χ1n) is 7.21. The van der Waals surface area contributed by atoms with E-state index in [4.69, 9.17) is 5.26 Å². The van der Waals surface area contributed by atoms with Gasteiger partial charge in [0.2, 0.25) is 0 Å². The molecular formula is C19H16FN. The van der Waals surface area contributed by atoms with Crippen LogP contribution in [0.3, 0.4) is 0 Å². The number of fused-ring (bicyclic) bond motifs is 1. The van der Waals surface area contributed by atoms with Gasteiger partial charge in [0.15, 0.2) is 0 Å². The molecule has 0 radical (unpaired) electrons. The molecular weight excluding hydrogens is 261 g/mol. The van der Waals surface area contributed by atoms with Gasteiger partial charge in [-0.2, -0.15) is 5.26 Å². The highest BCUT2D eigenvalue weighted by Gasteiger charge is 2.15. The normalized spacial score (nSPS) is 13.3. The van der Waals surface area contributed by atoms with Crippen LogP contribution in [0, 0.1) is 17.1 Å². The largest absolute Gasteiger partial charge is 0.206 e. The Morgan fingerprint density at radius 1 is 1.14 bits per heavy atom.